The van der Waals surface area contributed by atoms with Gasteiger partial charge in [-0.05, 0) is 48.0 Å². The normalized spacial score (nSPS) is 11.8. The number of anilines is 1. The lowest BCUT2D eigenvalue weighted by Crippen LogP contribution is -2.24. The summed E-state index contributed by atoms with van der Waals surface area (Å²) < 4.78 is 32.5. The van der Waals surface area contributed by atoms with Gasteiger partial charge < -0.3 is 10.3 Å². The molecule has 0 unspecified atom stereocenters. The van der Waals surface area contributed by atoms with Crippen LogP contribution in [0.5, 0.6) is 0 Å². The number of nitrogen functional groups attached to an aromatic ring is 1. The summed E-state index contributed by atoms with van der Waals surface area (Å²) >= 11 is 3.21. The van der Waals surface area contributed by atoms with Crippen LogP contribution in [0, 0.1) is 13.8 Å². The molecular formula is C12H14BrN3O3S. The van der Waals surface area contributed by atoms with Crippen molar-refractivity contribution in [2.24, 2.45) is 0 Å². The third-order valence-corrected chi connectivity index (χ3v) is 5.26. The number of aryl methyl sites for hydroxylation is 2. The molecule has 0 saturated carbocycles. The van der Waals surface area contributed by atoms with Gasteiger partial charge in [0.05, 0.1) is 10.6 Å². The third kappa shape index (κ3) is 3.02. The van der Waals surface area contributed by atoms with E-state index in [4.69, 9.17) is 10.3 Å². The first-order valence-corrected chi connectivity index (χ1v) is 8.05. The fraction of sp³-hybridized carbons (Fsp3) is 0.250. The quantitative estimate of drug-likeness (QED) is 0.814. The van der Waals surface area contributed by atoms with E-state index >= 15 is 0 Å². The average molecular weight is 360 g/mol. The van der Waals surface area contributed by atoms with Crippen LogP contribution in [0.25, 0.3) is 0 Å². The number of nitrogens with one attached hydrogen (secondary N) is 1. The van der Waals surface area contributed by atoms with Gasteiger partial charge in [-0.2, -0.15) is 0 Å². The number of rotatable bonds is 4. The van der Waals surface area contributed by atoms with Crippen LogP contribution in [0.4, 0.5) is 5.69 Å². The lowest BCUT2D eigenvalue weighted by Gasteiger charge is -2.09. The van der Waals surface area contributed by atoms with Crippen LogP contribution in [-0.4, -0.2) is 13.6 Å². The zero-order valence-corrected chi connectivity index (χ0v) is 13.4. The van der Waals surface area contributed by atoms with Crippen molar-refractivity contribution >= 4 is 31.6 Å². The second kappa shape index (κ2) is 5.55. The molecule has 108 valence electrons. The maximum Gasteiger partial charge on any atom is 0.242 e. The molecule has 0 bridgehead atoms. The second-order valence-corrected chi connectivity index (χ2v) is 6.91. The lowest BCUT2D eigenvalue weighted by atomic mass is 10.2. The maximum absolute atomic E-state index is 12.3. The molecule has 0 saturated heterocycles. The number of nitrogens with two attached hydrogens (primary N) is 1. The summed E-state index contributed by atoms with van der Waals surface area (Å²) in [6, 6.07) is 4.62. The van der Waals surface area contributed by atoms with Crippen LogP contribution in [-0.2, 0) is 16.6 Å². The van der Waals surface area contributed by atoms with Crippen LogP contribution in [0.3, 0.4) is 0 Å². The van der Waals surface area contributed by atoms with Gasteiger partial charge in [-0.15, -0.1) is 0 Å². The molecule has 2 rings (SSSR count). The van der Waals surface area contributed by atoms with Crippen LogP contribution in [0.15, 0.2) is 32.1 Å². The number of hydrogen-bond acceptors (Lipinski definition) is 5. The van der Waals surface area contributed by atoms with E-state index in [-0.39, 0.29) is 11.4 Å². The lowest BCUT2D eigenvalue weighted by molar-refractivity contribution is 0.392. The van der Waals surface area contributed by atoms with Gasteiger partial charge in [0, 0.05) is 22.3 Å². The Kier molecular flexibility index (Phi) is 4.17. The van der Waals surface area contributed by atoms with Crippen LogP contribution >= 0.6 is 15.9 Å². The highest BCUT2D eigenvalue weighted by atomic mass is 79.9. The van der Waals surface area contributed by atoms with Crippen molar-refractivity contribution in [2.75, 3.05) is 5.73 Å². The summed E-state index contributed by atoms with van der Waals surface area (Å²) in [4.78, 5) is 0.101. The molecule has 0 radical (unpaired) electrons. The summed E-state index contributed by atoms with van der Waals surface area (Å²) in [5.41, 5.74) is 7.40. The molecule has 20 heavy (non-hydrogen) atoms. The van der Waals surface area contributed by atoms with Crippen molar-refractivity contribution in [2.45, 2.75) is 25.3 Å². The number of sulfonamides is 1. The minimum Gasteiger partial charge on any atom is -0.399 e. The van der Waals surface area contributed by atoms with Crippen molar-refractivity contribution in [3.05, 3.63) is 39.7 Å². The van der Waals surface area contributed by atoms with E-state index in [1.165, 1.54) is 6.07 Å². The predicted octanol–water partition coefficient (Wildman–Crippen LogP) is 2.11. The average Bonchev–Trinajstić information content (AvgIpc) is 2.69. The molecule has 0 aliphatic heterocycles. The number of aromatic nitrogens is 1. The molecule has 0 spiro atoms. The third-order valence-electron chi connectivity index (χ3n) is 2.86. The molecule has 6 nitrogen and oxygen atoms in total. The zero-order chi connectivity index (χ0) is 14.9. The topological polar surface area (TPSA) is 98.2 Å². The number of benzene rings is 1. The Balaban J connectivity index is 2.26. The van der Waals surface area contributed by atoms with Gasteiger partial charge in [-0.25, -0.2) is 13.1 Å². The Morgan fingerprint density at radius 1 is 1.40 bits per heavy atom. The highest BCUT2D eigenvalue weighted by Gasteiger charge is 2.19. The van der Waals surface area contributed by atoms with Crippen LogP contribution in [0.1, 0.15) is 17.0 Å². The van der Waals surface area contributed by atoms with Crippen molar-refractivity contribution < 1.29 is 12.9 Å². The van der Waals surface area contributed by atoms with Gasteiger partial charge in [-0.3, -0.25) is 0 Å². The number of hydrogen-bond donors (Lipinski definition) is 2. The molecule has 2 aromatic rings. The Morgan fingerprint density at radius 2 is 2.10 bits per heavy atom. The van der Waals surface area contributed by atoms with Gasteiger partial charge >= 0.3 is 0 Å². The zero-order valence-electron chi connectivity index (χ0n) is 11.0. The van der Waals surface area contributed by atoms with E-state index in [9.17, 15) is 8.42 Å². The predicted molar refractivity (Wildman–Crippen MR) is 78.6 cm³/mol. The standard InChI is InChI=1S/C12H14BrN3O3S/c1-7-10(8(2)19-16-7)6-15-20(17,18)12-5-9(14)3-4-11(12)13/h3-5,15H,6,14H2,1-2H3. The monoisotopic (exact) mass is 359 g/mol. The second-order valence-electron chi connectivity index (χ2n) is 4.32. The van der Waals surface area contributed by atoms with E-state index in [1.807, 2.05) is 0 Å². The van der Waals surface area contributed by atoms with Crippen LogP contribution < -0.4 is 10.5 Å². The molecule has 8 heteroatoms. The van der Waals surface area contributed by atoms with Gasteiger partial charge in [0.15, 0.2) is 0 Å². The summed E-state index contributed by atoms with van der Waals surface area (Å²) in [6.45, 7) is 3.61. The number of halogens is 1. The summed E-state index contributed by atoms with van der Waals surface area (Å²) in [7, 11) is -3.67. The first-order chi connectivity index (χ1) is 9.31. The Hall–Kier alpha value is -1.38. The van der Waals surface area contributed by atoms with Crippen molar-refractivity contribution in [1.82, 2.24) is 9.88 Å². The molecule has 3 N–H and O–H groups in total. The van der Waals surface area contributed by atoms with E-state index in [0.29, 0.717) is 21.6 Å². The molecule has 0 aliphatic carbocycles. The molecule has 1 aromatic carbocycles. The minimum atomic E-state index is -3.67. The molecule has 0 fully saturated rings. The van der Waals surface area contributed by atoms with E-state index in [2.05, 4.69) is 25.8 Å². The smallest absolute Gasteiger partial charge is 0.242 e. The van der Waals surface area contributed by atoms with Gasteiger partial charge in [0.2, 0.25) is 10.0 Å². The highest BCUT2D eigenvalue weighted by molar-refractivity contribution is 9.10. The summed E-state index contributed by atoms with van der Waals surface area (Å²) in [6.07, 6.45) is 0. The number of nitrogens with zero attached hydrogens (tertiary/aromatic N) is 1. The van der Waals surface area contributed by atoms with Crippen LogP contribution in [0.2, 0.25) is 0 Å². The molecule has 0 aliphatic rings. The molecular weight excluding hydrogens is 346 g/mol. The first kappa shape index (κ1) is 15.0. The molecule has 1 aromatic heterocycles. The van der Waals surface area contributed by atoms with Gasteiger partial charge in [-0.1, -0.05) is 5.16 Å². The van der Waals surface area contributed by atoms with Crippen molar-refractivity contribution in [1.29, 1.82) is 0 Å². The molecule has 0 atom stereocenters. The summed E-state index contributed by atoms with van der Waals surface area (Å²) in [5.74, 6) is 0.594. The first-order valence-electron chi connectivity index (χ1n) is 5.77. The minimum absolute atomic E-state index is 0.101. The molecule has 1 heterocycles. The van der Waals surface area contributed by atoms with Crippen molar-refractivity contribution in [3.63, 3.8) is 0 Å². The highest BCUT2D eigenvalue weighted by Crippen LogP contribution is 2.24. The fourth-order valence-corrected chi connectivity index (χ4v) is 3.72. The van der Waals surface area contributed by atoms with E-state index < -0.39 is 10.0 Å². The van der Waals surface area contributed by atoms with Gasteiger partial charge in [0.1, 0.15) is 5.76 Å². The Morgan fingerprint density at radius 3 is 2.70 bits per heavy atom. The van der Waals surface area contributed by atoms with Gasteiger partial charge in [0.25, 0.3) is 0 Å². The largest absolute Gasteiger partial charge is 0.399 e. The van der Waals surface area contributed by atoms with E-state index in [0.717, 1.165) is 5.56 Å². The Bertz CT molecular complexity index is 721. The molecule has 0 amide bonds. The summed E-state index contributed by atoms with van der Waals surface area (Å²) in [5, 5.41) is 3.78. The maximum atomic E-state index is 12.3. The fourth-order valence-electron chi connectivity index (χ4n) is 1.73. The van der Waals surface area contributed by atoms with E-state index in [1.54, 1.807) is 26.0 Å². The van der Waals surface area contributed by atoms with Crippen molar-refractivity contribution in [3.8, 4) is 0 Å². The SMILES string of the molecule is Cc1noc(C)c1CNS(=O)(=O)c1cc(N)ccc1Br. The Labute approximate surface area is 125 Å².